The lowest BCUT2D eigenvalue weighted by atomic mass is 10.1. The molecule has 0 aromatic carbocycles. The second kappa shape index (κ2) is 29.9. The van der Waals surface area contributed by atoms with E-state index in [4.69, 9.17) is 43.4 Å². The zero-order valence-electron chi connectivity index (χ0n) is 23.2. The molecule has 0 fully saturated rings. The first-order chi connectivity index (χ1) is 17.2. The van der Waals surface area contributed by atoms with Gasteiger partial charge in [0.05, 0.1) is 0 Å². The minimum absolute atomic E-state index is 0.495. The third-order valence-corrected chi connectivity index (χ3v) is 5.14. The lowest BCUT2D eigenvalue weighted by Crippen LogP contribution is -2.29. The Balaban J connectivity index is -0.000000202. The van der Waals surface area contributed by atoms with Crippen LogP contribution >= 0.6 is 0 Å². The fourth-order valence-corrected chi connectivity index (χ4v) is 2.36. The van der Waals surface area contributed by atoms with E-state index in [0.717, 1.165) is 25.7 Å². The van der Waals surface area contributed by atoms with Crippen LogP contribution in [0.15, 0.2) is 0 Å². The van der Waals surface area contributed by atoms with E-state index in [9.17, 15) is 19.2 Å². The number of hydrogen-bond acceptors (Lipinski definition) is 8. The van der Waals surface area contributed by atoms with E-state index in [1.165, 1.54) is 32.1 Å². The molecule has 0 aliphatic rings. The van der Waals surface area contributed by atoms with E-state index in [2.05, 4.69) is 13.8 Å². The maximum absolute atomic E-state index is 10.3. The molecule has 0 aromatic heterocycles. The lowest BCUT2D eigenvalue weighted by Gasteiger charge is -2.04. The topological polar surface area (TPSA) is 253 Å². The predicted octanol–water partition coefficient (Wildman–Crippen LogP) is 2.74. The minimum atomic E-state index is -0.928. The highest BCUT2D eigenvalue weighted by molar-refractivity contribution is 5.73. The highest BCUT2D eigenvalue weighted by atomic mass is 16.4. The van der Waals surface area contributed by atoms with E-state index in [0.29, 0.717) is 25.7 Å². The number of carboxylic acids is 4. The van der Waals surface area contributed by atoms with Crippen LogP contribution in [0.25, 0.3) is 0 Å². The van der Waals surface area contributed by atoms with Gasteiger partial charge in [0.15, 0.2) is 0 Å². The van der Waals surface area contributed by atoms with Crippen LogP contribution in [-0.2, 0) is 19.2 Å². The van der Waals surface area contributed by atoms with Gasteiger partial charge in [-0.15, -0.1) is 0 Å². The SMILES string of the molecule is CCC(N)C(=O)O.CCC(N)C(=O)O.CCCCCCC(N)C(=O)O.CCCCCCCC(N)C(=O)O. The summed E-state index contributed by atoms with van der Waals surface area (Å²) in [4.78, 5) is 40.1. The molecule has 37 heavy (non-hydrogen) atoms. The van der Waals surface area contributed by atoms with Crippen LogP contribution in [0.3, 0.4) is 0 Å². The summed E-state index contributed by atoms with van der Waals surface area (Å²) < 4.78 is 0. The van der Waals surface area contributed by atoms with Crippen LogP contribution < -0.4 is 22.9 Å². The van der Waals surface area contributed by atoms with Crippen LogP contribution in [0.5, 0.6) is 0 Å². The van der Waals surface area contributed by atoms with Crippen molar-refractivity contribution in [2.75, 3.05) is 0 Å². The molecule has 0 heterocycles. The van der Waals surface area contributed by atoms with Gasteiger partial charge in [-0.05, 0) is 25.7 Å². The van der Waals surface area contributed by atoms with Gasteiger partial charge >= 0.3 is 23.9 Å². The van der Waals surface area contributed by atoms with Crippen LogP contribution in [0.1, 0.15) is 111 Å². The molecule has 0 radical (unpaired) electrons. The molecule has 12 heteroatoms. The zero-order chi connectivity index (χ0) is 29.8. The maximum atomic E-state index is 10.3. The first kappa shape index (κ1) is 41.8. The van der Waals surface area contributed by atoms with Crippen LogP contribution in [0.2, 0.25) is 0 Å². The first-order valence-corrected chi connectivity index (χ1v) is 13.2. The molecular formula is C25H54N4O8. The van der Waals surface area contributed by atoms with Crippen molar-refractivity contribution in [3.63, 3.8) is 0 Å². The molecule has 12 nitrogen and oxygen atoms in total. The lowest BCUT2D eigenvalue weighted by molar-refractivity contribution is -0.139. The van der Waals surface area contributed by atoms with Gasteiger partial charge in [-0.3, -0.25) is 19.2 Å². The normalized spacial score (nSPS) is 13.1. The molecule has 0 aromatic rings. The summed E-state index contributed by atoms with van der Waals surface area (Å²) in [5, 5.41) is 33.0. The summed E-state index contributed by atoms with van der Waals surface area (Å²) >= 11 is 0. The van der Waals surface area contributed by atoms with Crippen molar-refractivity contribution in [1.82, 2.24) is 0 Å². The number of rotatable bonds is 17. The average Bonchev–Trinajstić information content (AvgIpc) is 2.85. The fraction of sp³-hybridized carbons (Fsp3) is 0.840. The van der Waals surface area contributed by atoms with Gasteiger partial charge in [-0.25, -0.2) is 0 Å². The summed E-state index contributed by atoms with van der Waals surface area (Å²) in [6.07, 6.45) is 12.3. The largest absolute Gasteiger partial charge is 0.480 e. The van der Waals surface area contributed by atoms with Crippen molar-refractivity contribution >= 4 is 23.9 Å². The molecule has 0 aliphatic heterocycles. The van der Waals surface area contributed by atoms with Gasteiger partial charge in [-0.1, -0.05) is 85.5 Å². The molecule has 4 unspecified atom stereocenters. The Labute approximate surface area is 222 Å². The Kier molecular flexibility index (Phi) is 33.9. The van der Waals surface area contributed by atoms with Gasteiger partial charge in [0.1, 0.15) is 24.2 Å². The monoisotopic (exact) mass is 538 g/mol. The molecule has 12 N–H and O–H groups in total. The molecule has 0 spiro atoms. The predicted molar refractivity (Wildman–Crippen MR) is 145 cm³/mol. The van der Waals surface area contributed by atoms with Crippen molar-refractivity contribution in [3.8, 4) is 0 Å². The third kappa shape index (κ3) is 36.0. The van der Waals surface area contributed by atoms with Crippen molar-refractivity contribution in [3.05, 3.63) is 0 Å². The highest BCUT2D eigenvalue weighted by Gasteiger charge is 2.10. The number of aliphatic carboxylic acids is 4. The van der Waals surface area contributed by atoms with Gasteiger partial charge in [-0.2, -0.15) is 0 Å². The van der Waals surface area contributed by atoms with Crippen molar-refractivity contribution in [2.24, 2.45) is 22.9 Å². The van der Waals surface area contributed by atoms with Gasteiger partial charge in [0.25, 0.3) is 0 Å². The van der Waals surface area contributed by atoms with Crippen LogP contribution in [-0.4, -0.2) is 68.5 Å². The fourth-order valence-electron chi connectivity index (χ4n) is 2.36. The van der Waals surface area contributed by atoms with E-state index >= 15 is 0 Å². The molecule has 4 atom stereocenters. The average molecular weight is 539 g/mol. The summed E-state index contributed by atoms with van der Waals surface area (Å²) in [5.74, 6) is -3.63. The zero-order valence-corrected chi connectivity index (χ0v) is 23.2. The Morgan fingerprint density at radius 2 is 0.703 bits per heavy atom. The summed E-state index contributed by atoms with van der Waals surface area (Å²) in [5.41, 5.74) is 20.7. The molecule has 0 rings (SSSR count). The van der Waals surface area contributed by atoms with E-state index in [-0.39, 0.29) is 0 Å². The standard InChI is InChI=1S/C9H19NO2.C8H17NO2.2C4H9NO2/c1-2-3-4-5-6-7-8(10)9(11)12;1-2-3-4-5-6-7(9)8(10)11;2*1-2-3(5)4(6)7/h8H,2-7,10H2,1H3,(H,11,12);7H,2-6,9H2,1H3,(H,10,11);2*3H,2,5H2,1H3,(H,6,7). The molecular weight excluding hydrogens is 484 g/mol. The Morgan fingerprint density at radius 1 is 0.459 bits per heavy atom. The first-order valence-electron chi connectivity index (χ1n) is 13.2. The molecule has 0 saturated carbocycles. The van der Waals surface area contributed by atoms with Crippen molar-refractivity contribution < 1.29 is 39.6 Å². The van der Waals surface area contributed by atoms with E-state index in [1.54, 1.807) is 13.8 Å². The Morgan fingerprint density at radius 3 is 0.892 bits per heavy atom. The molecule has 0 amide bonds. The second-order valence-corrected chi connectivity index (χ2v) is 8.65. The second-order valence-electron chi connectivity index (χ2n) is 8.65. The number of carboxylic acid groups (broad SMARTS) is 4. The Bertz CT molecular complexity index is 559. The third-order valence-electron chi connectivity index (χ3n) is 5.14. The number of nitrogens with two attached hydrogens (primary N) is 4. The number of hydrogen-bond donors (Lipinski definition) is 8. The van der Waals surface area contributed by atoms with Crippen molar-refractivity contribution in [2.45, 2.75) is 135 Å². The number of unbranched alkanes of at least 4 members (excludes halogenated alkanes) is 7. The maximum Gasteiger partial charge on any atom is 0.320 e. The van der Waals surface area contributed by atoms with Crippen molar-refractivity contribution in [1.29, 1.82) is 0 Å². The van der Waals surface area contributed by atoms with Gasteiger partial charge < -0.3 is 43.4 Å². The summed E-state index contributed by atoms with van der Waals surface area (Å²) in [6, 6.07) is -2.68. The Hall–Kier alpha value is -2.28. The minimum Gasteiger partial charge on any atom is -0.480 e. The highest BCUT2D eigenvalue weighted by Crippen LogP contribution is 2.06. The summed E-state index contributed by atoms with van der Waals surface area (Å²) in [6.45, 7) is 7.75. The van der Waals surface area contributed by atoms with Crippen LogP contribution in [0, 0.1) is 0 Å². The van der Waals surface area contributed by atoms with E-state index < -0.39 is 48.0 Å². The molecule has 0 bridgehead atoms. The van der Waals surface area contributed by atoms with Crippen LogP contribution in [0.4, 0.5) is 0 Å². The quantitative estimate of drug-likeness (QED) is 0.124. The molecule has 222 valence electrons. The number of carbonyl (C=O) groups is 4. The smallest absolute Gasteiger partial charge is 0.320 e. The van der Waals surface area contributed by atoms with Gasteiger partial charge in [0, 0.05) is 0 Å². The molecule has 0 saturated heterocycles. The van der Waals surface area contributed by atoms with E-state index in [1.807, 2.05) is 0 Å². The summed E-state index contributed by atoms with van der Waals surface area (Å²) in [7, 11) is 0. The van der Waals surface area contributed by atoms with Gasteiger partial charge in [0.2, 0.25) is 0 Å². The molecule has 0 aliphatic carbocycles.